The average molecular weight is 281 g/mol. The molecule has 108 valence electrons. The van der Waals surface area contributed by atoms with E-state index in [4.69, 9.17) is 14.7 Å². The standard InChI is InChI=1S/C17H19N3O/c1-12-14-9-21-11-17(7-8-18-10-17)15(14)20-16(19-12)13-5-3-2-4-6-13/h2-6,18H,7-11H2,1H3/t17-/m1/s1. The number of hydrogen-bond acceptors (Lipinski definition) is 4. The van der Waals surface area contributed by atoms with Gasteiger partial charge in [-0.25, -0.2) is 9.97 Å². The summed E-state index contributed by atoms with van der Waals surface area (Å²) in [6.45, 7) is 5.45. The van der Waals surface area contributed by atoms with Crippen LogP contribution in [0.15, 0.2) is 30.3 Å². The highest BCUT2D eigenvalue weighted by molar-refractivity contribution is 5.56. The molecule has 1 atom stereocenters. The van der Waals surface area contributed by atoms with Gasteiger partial charge in [-0.05, 0) is 19.9 Å². The second-order valence-electron chi connectivity index (χ2n) is 6.03. The van der Waals surface area contributed by atoms with Crippen molar-refractivity contribution in [3.8, 4) is 11.4 Å². The molecule has 1 fully saturated rings. The van der Waals surface area contributed by atoms with Crippen molar-refractivity contribution < 1.29 is 4.74 Å². The average Bonchev–Trinajstić information content (AvgIpc) is 2.98. The summed E-state index contributed by atoms with van der Waals surface area (Å²) in [6.07, 6.45) is 1.09. The third-order valence-corrected chi connectivity index (χ3v) is 4.62. The van der Waals surface area contributed by atoms with Crippen molar-refractivity contribution in [1.29, 1.82) is 0 Å². The Bertz CT molecular complexity index is 663. The summed E-state index contributed by atoms with van der Waals surface area (Å²) in [6, 6.07) is 10.2. The second-order valence-corrected chi connectivity index (χ2v) is 6.03. The van der Waals surface area contributed by atoms with E-state index in [2.05, 4.69) is 24.4 Å². The number of nitrogens with one attached hydrogen (secondary N) is 1. The molecule has 1 spiro atoms. The molecule has 0 radical (unpaired) electrons. The molecule has 21 heavy (non-hydrogen) atoms. The molecule has 2 aromatic rings. The number of ether oxygens (including phenoxy) is 1. The fourth-order valence-electron chi connectivity index (χ4n) is 3.41. The Labute approximate surface area is 124 Å². The predicted molar refractivity (Wildman–Crippen MR) is 81.0 cm³/mol. The molecule has 1 saturated heterocycles. The summed E-state index contributed by atoms with van der Waals surface area (Å²) in [5.41, 5.74) is 4.54. The van der Waals surface area contributed by atoms with E-state index >= 15 is 0 Å². The molecular formula is C17H19N3O. The highest BCUT2D eigenvalue weighted by Gasteiger charge is 2.42. The van der Waals surface area contributed by atoms with Crippen molar-refractivity contribution in [2.45, 2.75) is 25.4 Å². The van der Waals surface area contributed by atoms with Crippen LogP contribution in [0.5, 0.6) is 0 Å². The van der Waals surface area contributed by atoms with Gasteiger partial charge in [-0.1, -0.05) is 30.3 Å². The van der Waals surface area contributed by atoms with Gasteiger partial charge < -0.3 is 10.1 Å². The Morgan fingerprint density at radius 1 is 1.19 bits per heavy atom. The molecule has 0 amide bonds. The zero-order valence-electron chi connectivity index (χ0n) is 12.2. The maximum Gasteiger partial charge on any atom is 0.159 e. The maximum absolute atomic E-state index is 5.84. The molecule has 1 aromatic carbocycles. The quantitative estimate of drug-likeness (QED) is 0.870. The van der Waals surface area contributed by atoms with Crippen LogP contribution in [0, 0.1) is 6.92 Å². The van der Waals surface area contributed by atoms with Crippen LogP contribution >= 0.6 is 0 Å². The monoisotopic (exact) mass is 281 g/mol. The molecule has 3 heterocycles. The van der Waals surface area contributed by atoms with Gasteiger partial charge in [0.05, 0.1) is 24.3 Å². The molecule has 2 aliphatic heterocycles. The van der Waals surface area contributed by atoms with Crippen LogP contribution in [-0.2, 0) is 16.8 Å². The summed E-state index contributed by atoms with van der Waals surface area (Å²) in [7, 11) is 0. The van der Waals surface area contributed by atoms with Gasteiger partial charge in [-0.2, -0.15) is 0 Å². The van der Waals surface area contributed by atoms with Crippen LogP contribution in [-0.4, -0.2) is 29.7 Å². The van der Waals surface area contributed by atoms with Crippen LogP contribution < -0.4 is 5.32 Å². The van der Waals surface area contributed by atoms with E-state index in [9.17, 15) is 0 Å². The molecule has 1 aromatic heterocycles. The number of aromatic nitrogens is 2. The summed E-state index contributed by atoms with van der Waals surface area (Å²) in [5, 5.41) is 3.46. The lowest BCUT2D eigenvalue weighted by molar-refractivity contribution is 0.0546. The summed E-state index contributed by atoms with van der Waals surface area (Å²) >= 11 is 0. The first kappa shape index (κ1) is 12.9. The number of aryl methyl sites for hydroxylation is 1. The molecule has 0 aliphatic carbocycles. The van der Waals surface area contributed by atoms with Crippen LogP contribution in [0.1, 0.15) is 23.4 Å². The fourth-order valence-corrected chi connectivity index (χ4v) is 3.41. The van der Waals surface area contributed by atoms with E-state index in [0.29, 0.717) is 6.61 Å². The first-order valence-electron chi connectivity index (χ1n) is 7.50. The highest BCUT2D eigenvalue weighted by Crippen LogP contribution is 2.37. The Morgan fingerprint density at radius 2 is 2.05 bits per heavy atom. The number of hydrogen-bond donors (Lipinski definition) is 1. The minimum atomic E-state index is 0.0326. The smallest absolute Gasteiger partial charge is 0.159 e. The Morgan fingerprint density at radius 3 is 2.81 bits per heavy atom. The first-order chi connectivity index (χ1) is 10.3. The molecule has 4 rings (SSSR count). The van der Waals surface area contributed by atoms with Crippen molar-refractivity contribution in [2.75, 3.05) is 19.7 Å². The number of fused-ring (bicyclic) bond motifs is 2. The molecule has 4 nitrogen and oxygen atoms in total. The molecule has 0 unspecified atom stereocenters. The van der Waals surface area contributed by atoms with Gasteiger partial charge in [-0.15, -0.1) is 0 Å². The van der Waals surface area contributed by atoms with Crippen LogP contribution in [0.4, 0.5) is 0 Å². The molecule has 4 heteroatoms. The van der Waals surface area contributed by atoms with Gasteiger partial charge in [0.1, 0.15) is 0 Å². The van der Waals surface area contributed by atoms with Gasteiger partial charge in [0.25, 0.3) is 0 Å². The fraction of sp³-hybridized carbons (Fsp3) is 0.412. The number of benzene rings is 1. The predicted octanol–water partition coefficient (Wildman–Crippen LogP) is 2.21. The van der Waals surface area contributed by atoms with Gasteiger partial charge in [0, 0.05) is 23.4 Å². The van der Waals surface area contributed by atoms with E-state index in [1.807, 2.05) is 18.2 Å². The number of rotatable bonds is 1. The van der Waals surface area contributed by atoms with Crippen molar-refractivity contribution in [3.05, 3.63) is 47.3 Å². The zero-order chi connectivity index (χ0) is 14.3. The normalized spacial score (nSPS) is 24.2. The van der Waals surface area contributed by atoms with E-state index in [0.717, 1.165) is 43.2 Å². The van der Waals surface area contributed by atoms with Gasteiger partial charge in [0.15, 0.2) is 5.82 Å². The molecular weight excluding hydrogens is 262 g/mol. The summed E-state index contributed by atoms with van der Waals surface area (Å²) in [4.78, 5) is 9.65. The van der Waals surface area contributed by atoms with Crippen molar-refractivity contribution in [1.82, 2.24) is 15.3 Å². The van der Waals surface area contributed by atoms with Crippen molar-refractivity contribution in [3.63, 3.8) is 0 Å². The maximum atomic E-state index is 5.84. The Kier molecular flexibility index (Phi) is 3.01. The third kappa shape index (κ3) is 2.06. The Hall–Kier alpha value is -1.78. The minimum absolute atomic E-state index is 0.0326. The molecule has 1 N–H and O–H groups in total. The van der Waals surface area contributed by atoms with Crippen LogP contribution in [0.3, 0.4) is 0 Å². The van der Waals surface area contributed by atoms with Crippen LogP contribution in [0.2, 0.25) is 0 Å². The van der Waals surface area contributed by atoms with E-state index < -0.39 is 0 Å². The zero-order valence-corrected chi connectivity index (χ0v) is 12.2. The van der Waals surface area contributed by atoms with E-state index in [1.54, 1.807) is 0 Å². The molecule has 0 saturated carbocycles. The van der Waals surface area contributed by atoms with Gasteiger partial charge >= 0.3 is 0 Å². The third-order valence-electron chi connectivity index (χ3n) is 4.62. The van der Waals surface area contributed by atoms with Crippen LogP contribution in [0.25, 0.3) is 11.4 Å². The Balaban J connectivity index is 1.89. The summed E-state index contributed by atoms with van der Waals surface area (Å²) in [5.74, 6) is 0.833. The lowest BCUT2D eigenvalue weighted by Gasteiger charge is -2.34. The summed E-state index contributed by atoms with van der Waals surface area (Å²) < 4.78 is 5.84. The molecule has 2 aliphatic rings. The van der Waals surface area contributed by atoms with E-state index in [-0.39, 0.29) is 5.41 Å². The SMILES string of the molecule is Cc1nc(-c2ccccc2)nc2c1COC[C@]21CCNC1. The number of nitrogens with zero attached hydrogens (tertiary/aromatic N) is 2. The largest absolute Gasteiger partial charge is 0.376 e. The lowest BCUT2D eigenvalue weighted by Crippen LogP contribution is -2.40. The topological polar surface area (TPSA) is 47.0 Å². The van der Waals surface area contributed by atoms with Crippen molar-refractivity contribution >= 4 is 0 Å². The minimum Gasteiger partial charge on any atom is -0.376 e. The highest BCUT2D eigenvalue weighted by atomic mass is 16.5. The van der Waals surface area contributed by atoms with Gasteiger partial charge in [0.2, 0.25) is 0 Å². The van der Waals surface area contributed by atoms with Crippen molar-refractivity contribution in [2.24, 2.45) is 0 Å². The first-order valence-corrected chi connectivity index (χ1v) is 7.50. The van der Waals surface area contributed by atoms with Gasteiger partial charge in [-0.3, -0.25) is 0 Å². The molecule has 0 bridgehead atoms. The lowest BCUT2D eigenvalue weighted by atomic mass is 9.80. The van der Waals surface area contributed by atoms with E-state index in [1.165, 1.54) is 11.3 Å². The second kappa shape index (κ2) is 4.90.